The van der Waals surface area contributed by atoms with Crippen molar-refractivity contribution in [3.8, 4) is 0 Å². The third kappa shape index (κ3) is 3.85. The van der Waals surface area contributed by atoms with Gasteiger partial charge in [0, 0.05) is 18.3 Å². The lowest BCUT2D eigenvalue weighted by Crippen LogP contribution is -2.47. The third-order valence-electron chi connectivity index (χ3n) is 4.79. The minimum absolute atomic E-state index is 0.0877. The van der Waals surface area contributed by atoms with Crippen LogP contribution in [0.25, 0.3) is 10.9 Å². The lowest BCUT2D eigenvalue weighted by Gasteiger charge is -2.32. The Hall–Kier alpha value is -2.01. The first-order chi connectivity index (χ1) is 11.1. The van der Waals surface area contributed by atoms with Gasteiger partial charge in [-0.1, -0.05) is 25.3 Å². The Balaban J connectivity index is 1.54. The van der Waals surface area contributed by atoms with Crippen molar-refractivity contribution in [1.82, 2.24) is 15.6 Å². The Morgan fingerprint density at radius 2 is 2.09 bits per heavy atom. The molecular weight excluding hydrogens is 290 g/mol. The SMILES string of the molecule is CC(NC(=O)NCC1(O)CCCCC1)c1ccc2[nH]ccc2c1. The zero-order chi connectivity index (χ0) is 16.3. The van der Waals surface area contributed by atoms with Gasteiger partial charge in [-0.05, 0) is 48.9 Å². The summed E-state index contributed by atoms with van der Waals surface area (Å²) in [4.78, 5) is 15.2. The van der Waals surface area contributed by atoms with Gasteiger partial charge in [0.25, 0.3) is 0 Å². The highest BCUT2D eigenvalue weighted by Crippen LogP contribution is 2.27. The Bertz CT molecular complexity index is 674. The predicted octanol–water partition coefficient (Wildman–Crippen LogP) is 3.22. The molecule has 4 N–H and O–H groups in total. The summed E-state index contributed by atoms with van der Waals surface area (Å²) in [5.41, 5.74) is 1.41. The van der Waals surface area contributed by atoms with Crippen LogP contribution in [-0.2, 0) is 0 Å². The Labute approximate surface area is 136 Å². The third-order valence-corrected chi connectivity index (χ3v) is 4.79. The molecule has 0 aliphatic heterocycles. The second kappa shape index (κ2) is 6.62. The van der Waals surface area contributed by atoms with Gasteiger partial charge in [-0.2, -0.15) is 0 Å². The van der Waals surface area contributed by atoms with Gasteiger partial charge in [0.1, 0.15) is 0 Å². The number of fused-ring (bicyclic) bond motifs is 1. The first-order valence-electron chi connectivity index (χ1n) is 8.40. The minimum atomic E-state index is -0.733. The molecule has 0 radical (unpaired) electrons. The molecule has 23 heavy (non-hydrogen) atoms. The maximum atomic E-state index is 12.1. The standard InChI is InChI=1S/C18H25N3O2/c1-13(14-5-6-16-15(11-14)7-10-19-16)21-17(22)20-12-18(23)8-3-2-4-9-18/h5-7,10-11,13,19,23H,2-4,8-9,12H2,1H3,(H2,20,21,22). The molecule has 1 aromatic heterocycles. The van der Waals surface area contributed by atoms with E-state index in [4.69, 9.17) is 0 Å². The smallest absolute Gasteiger partial charge is 0.315 e. The molecule has 2 amide bonds. The van der Waals surface area contributed by atoms with Crippen LogP contribution in [0, 0.1) is 0 Å². The number of nitrogens with one attached hydrogen (secondary N) is 3. The number of amides is 2. The lowest BCUT2D eigenvalue weighted by molar-refractivity contribution is 0.00714. The largest absolute Gasteiger partial charge is 0.388 e. The van der Waals surface area contributed by atoms with Crippen molar-refractivity contribution in [1.29, 1.82) is 0 Å². The van der Waals surface area contributed by atoms with Crippen molar-refractivity contribution in [3.05, 3.63) is 36.0 Å². The second-order valence-electron chi connectivity index (χ2n) is 6.66. The van der Waals surface area contributed by atoms with E-state index in [9.17, 15) is 9.90 Å². The van der Waals surface area contributed by atoms with Crippen LogP contribution in [0.5, 0.6) is 0 Å². The Morgan fingerprint density at radius 3 is 2.87 bits per heavy atom. The first-order valence-corrected chi connectivity index (χ1v) is 8.40. The average Bonchev–Trinajstić information content (AvgIpc) is 3.01. The van der Waals surface area contributed by atoms with Crippen molar-refractivity contribution < 1.29 is 9.90 Å². The van der Waals surface area contributed by atoms with E-state index in [2.05, 4.69) is 21.7 Å². The summed E-state index contributed by atoms with van der Waals surface area (Å²) in [6, 6.07) is 7.81. The van der Waals surface area contributed by atoms with Gasteiger partial charge >= 0.3 is 6.03 Å². The Morgan fingerprint density at radius 1 is 1.30 bits per heavy atom. The summed E-state index contributed by atoms with van der Waals surface area (Å²) in [5.74, 6) is 0. The molecule has 1 aromatic carbocycles. The number of carbonyl (C=O) groups is 1. The minimum Gasteiger partial charge on any atom is -0.388 e. The highest BCUT2D eigenvalue weighted by molar-refractivity contribution is 5.80. The van der Waals surface area contributed by atoms with Crippen LogP contribution in [0.4, 0.5) is 4.79 Å². The molecule has 1 atom stereocenters. The fourth-order valence-electron chi connectivity index (χ4n) is 3.30. The molecule has 124 valence electrons. The van der Waals surface area contributed by atoms with E-state index in [1.54, 1.807) is 0 Å². The number of benzene rings is 1. The topological polar surface area (TPSA) is 77.2 Å². The van der Waals surface area contributed by atoms with Gasteiger partial charge in [-0.25, -0.2) is 4.79 Å². The van der Waals surface area contributed by atoms with Crippen LogP contribution < -0.4 is 10.6 Å². The summed E-state index contributed by atoms with van der Waals surface area (Å²) >= 11 is 0. The van der Waals surface area contributed by atoms with Crippen LogP contribution in [0.2, 0.25) is 0 Å². The number of aliphatic hydroxyl groups is 1. The molecule has 0 saturated heterocycles. The van der Waals surface area contributed by atoms with E-state index >= 15 is 0 Å². The molecule has 1 heterocycles. The van der Waals surface area contributed by atoms with Crippen LogP contribution in [0.15, 0.2) is 30.5 Å². The predicted molar refractivity (Wildman–Crippen MR) is 91.3 cm³/mol. The molecular formula is C18H25N3O2. The summed E-state index contributed by atoms with van der Waals surface area (Å²) in [6.45, 7) is 2.28. The maximum absolute atomic E-state index is 12.1. The van der Waals surface area contributed by atoms with Crippen LogP contribution in [0.1, 0.15) is 50.6 Å². The van der Waals surface area contributed by atoms with Gasteiger partial charge in [-0.15, -0.1) is 0 Å². The number of aromatic nitrogens is 1. The van der Waals surface area contributed by atoms with Gasteiger partial charge in [-0.3, -0.25) is 0 Å². The van der Waals surface area contributed by atoms with E-state index in [1.165, 1.54) is 6.42 Å². The normalized spacial score (nSPS) is 18.5. The van der Waals surface area contributed by atoms with E-state index in [0.717, 1.165) is 42.1 Å². The van der Waals surface area contributed by atoms with Crippen molar-refractivity contribution in [2.24, 2.45) is 0 Å². The number of rotatable bonds is 4. The van der Waals surface area contributed by atoms with Crippen molar-refractivity contribution >= 4 is 16.9 Å². The monoisotopic (exact) mass is 315 g/mol. The highest BCUT2D eigenvalue weighted by Gasteiger charge is 2.29. The number of hydrogen-bond acceptors (Lipinski definition) is 2. The van der Waals surface area contributed by atoms with Gasteiger partial charge < -0.3 is 20.7 Å². The molecule has 0 bridgehead atoms. The summed E-state index contributed by atoms with van der Waals surface area (Å²) < 4.78 is 0. The lowest BCUT2D eigenvalue weighted by atomic mass is 9.85. The molecule has 1 aliphatic carbocycles. The zero-order valence-corrected chi connectivity index (χ0v) is 13.6. The summed E-state index contributed by atoms with van der Waals surface area (Å²) in [7, 11) is 0. The number of aromatic amines is 1. The van der Waals surface area contributed by atoms with Crippen molar-refractivity contribution in [3.63, 3.8) is 0 Å². The quantitative estimate of drug-likeness (QED) is 0.699. The van der Waals surface area contributed by atoms with Crippen LogP contribution in [0.3, 0.4) is 0 Å². The fourth-order valence-corrected chi connectivity index (χ4v) is 3.30. The molecule has 2 aromatic rings. The molecule has 1 saturated carbocycles. The highest BCUT2D eigenvalue weighted by atomic mass is 16.3. The molecule has 3 rings (SSSR count). The molecule has 5 nitrogen and oxygen atoms in total. The maximum Gasteiger partial charge on any atom is 0.315 e. The molecule has 0 spiro atoms. The van der Waals surface area contributed by atoms with E-state index in [0.29, 0.717) is 6.54 Å². The number of carbonyl (C=O) groups excluding carboxylic acids is 1. The van der Waals surface area contributed by atoms with Crippen LogP contribution >= 0.6 is 0 Å². The van der Waals surface area contributed by atoms with Gasteiger partial charge in [0.15, 0.2) is 0 Å². The number of H-pyrrole nitrogens is 1. The van der Waals surface area contributed by atoms with Crippen molar-refractivity contribution in [2.45, 2.75) is 50.7 Å². The van der Waals surface area contributed by atoms with Crippen LogP contribution in [-0.4, -0.2) is 28.3 Å². The van der Waals surface area contributed by atoms with E-state index in [-0.39, 0.29) is 12.1 Å². The van der Waals surface area contributed by atoms with E-state index in [1.807, 2.05) is 31.3 Å². The molecule has 1 unspecified atom stereocenters. The summed E-state index contributed by atoms with van der Waals surface area (Å²) in [6.07, 6.45) is 6.69. The summed E-state index contributed by atoms with van der Waals surface area (Å²) in [5, 5.41) is 17.3. The fraction of sp³-hybridized carbons (Fsp3) is 0.500. The van der Waals surface area contributed by atoms with Gasteiger partial charge in [0.2, 0.25) is 0 Å². The average molecular weight is 315 g/mol. The number of hydrogen-bond donors (Lipinski definition) is 4. The molecule has 5 heteroatoms. The second-order valence-corrected chi connectivity index (χ2v) is 6.66. The molecule has 1 fully saturated rings. The molecule has 1 aliphatic rings. The van der Waals surface area contributed by atoms with E-state index < -0.39 is 5.60 Å². The van der Waals surface area contributed by atoms with Crippen molar-refractivity contribution in [2.75, 3.05) is 6.54 Å². The van der Waals surface area contributed by atoms with Gasteiger partial charge in [0.05, 0.1) is 11.6 Å². The first kappa shape index (κ1) is 15.9. The zero-order valence-electron chi connectivity index (χ0n) is 13.6. The Kier molecular flexibility index (Phi) is 4.57. The number of urea groups is 1.